The summed E-state index contributed by atoms with van der Waals surface area (Å²) in [5.74, 6) is 0. The highest BCUT2D eigenvalue weighted by atomic mass is 35.5. The molecule has 1 aromatic heterocycles. The summed E-state index contributed by atoms with van der Waals surface area (Å²) < 4.78 is 0.914. The Morgan fingerprint density at radius 1 is 1.64 bits per heavy atom. The third-order valence-corrected chi connectivity index (χ3v) is 1.82. The highest BCUT2D eigenvalue weighted by Crippen LogP contribution is 2.19. The average Bonchev–Trinajstić information content (AvgIpc) is 1.96. The van der Waals surface area contributed by atoms with E-state index in [9.17, 15) is 0 Å². The van der Waals surface area contributed by atoms with E-state index in [-0.39, 0.29) is 0 Å². The van der Waals surface area contributed by atoms with Crippen LogP contribution in [0.3, 0.4) is 0 Å². The van der Waals surface area contributed by atoms with Crippen molar-refractivity contribution in [2.45, 2.75) is 13.3 Å². The van der Waals surface area contributed by atoms with Gasteiger partial charge in [-0.3, -0.25) is 5.21 Å². The van der Waals surface area contributed by atoms with Gasteiger partial charge in [-0.1, -0.05) is 18.5 Å². The molecule has 0 unspecified atom stereocenters. The fraction of sp³-hybridized carbons (Fsp3) is 0.286. The molecule has 0 aliphatic carbocycles. The first-order valence-electron chi connectivity index (χ1n) is 3.33. The Hall–Kier alpha value is -0.960. The maximum absolute atomic E-state index is 9.03. The molecule has 60 valence electrons. The van der Waals surface area contributed by atoms with E-state index in [0.29, 0.717) is 10.7 Å². The number of aromatic nitrogens is 1. The van der Waals surface area contributed by atoms with Crippen LogP contribution in [0.25, 0.3) is 0 Å². The number of hydrogen-bond donors (Lipinski definition) is 2. The van der Waals surface area contributed by atoms with Gasteiger partial charge in [-0.2, -0.15) is 0 Å². The van der Waals surface area contributed by atoms with Crippen molar-refractivity contribution >= 4 is 17.3 Å². The Morgan fingerprint density at radius 2 is 2.27 bits per heavy atom. The van der Waals surface area contributed by atoms with Gasteiger partial charge in [0.15, 0.2) is 0 Å². The van der Waals surface area contributed by atoms with Crippen LogP contribution in [0.2, 0.25) is 5.02 Å². The van der Waals surface area contributed by atoms with Crippen molar-refractivity contribution in [3.63, 3.8) is 0 Å². The first kappa shape index (κ1) is 8.14. The quantitative estimate of drug-likeness (QED) is 0.492. The summed E-state index contributed by atoms with van der Waals surface area (Å²) in [5.41, 5.74) is 6.99. The zero-order valence-corrected chi connectivity index (χ0v) is 6.97. The van der Waals surface area contributed by atoms with Gasteiger partial charge in [0, 0.05) is 10.3 Å². The summed E-state index contributed by atoms with van der Waals surface area (Å²) in [6, 6.07) is 0. The summed E-state index contributed by atoms with van der Waals surface area (Å²) in [6.07, 6.45) is 3.66. The van der Waals surface area contributed by atoms with Crippen molar-refractivity contribution in [1.29, 1.82) is 0 Å². The summed E-state index contributed by atoms with van der Waals surface area (Å²) in [4.78, 5) is 0. The molecule has 1 heterocycles. The molecule has 0 saturated heterocycles. The molecule has 1 aromatic rings. The molecule has 1 rings (SSSR count). The molecule has 0 fully saturated rings. The monoisotopic (exact) mass is 173 g/mol. The highest BCUT2D eigenvalue weighted by molar-refractivity contribution is 6.32. The smallest absolute Gasteiger partial charge is 0.242 e. The van der Waals surface area contributed by atoms with Gasteiger partial charge in [0.25, 0.3) is 0 Å². The summed E-state index contributed by atoms with van der Waals surface area (Å²) >= 11 is 5.69. The van der Waals surface area contributed by atoms with E-state index < -0.39 is 0 Å². The Balaban J connectivity index is 3.24. The van der Waals surface area contributed by atoms with Crippen molar-refractivity contribution in [2.24, 2.45) is 0 Å². The number of nitrogens with zero attached hydrogens (tertiary/aromatic N) is 1. The van der Waals surface area contributed by atoms with Crippen LogP contribution in [0.5, 0.6) is 0 Å². The SMILES string of the molecule is CCc1c[n+](O)cc(Cl)c1N. The zero-order chi connectivity index (χ0) is 8.43. The maximum atomic E-state index is 9.03. The molecule has 0 aromatic carbocycles. The van der Waals surface area contributed by atoms with Crippen LogP contribution >= 0.6 is 11.6 Å². The zero-order valence-electron chi connectivity index (χ0n) is 6.21. The third kappa shape index (κ3) is 1.54. The molecule has 0 atom stereocenters. The van der Waals surface area contributed by atoms with E-state index in [0.717, 1.165) is 16.7 Å². The highest BCUT2D eigenvalue weighted by Gasteiger charge is 2.09. The van der Waals surface area contributed by atoms with Gasteiger partial charge in [-0.05, 0) is 6.42 Å². The lowest BCUT2D eigenvalue weighted by atomic mass is 10.2. The van der Waals surface area contributed by atoms with Gasteiger partial charge in [-0.15, -0.1) is 0 Å². The Labute approximate surface area is 70.0 Å². The Morgan fingerprint density at radius 3 is 2.82 bits per heavy atom. The topological polar surface area (TPSA) is 50.1 Å². The average molecular weight is 174 g/mol. The minimum atomic E-state index is 0.381. The number of anilines is 1. The molecule has 0 spiro atoms. The van der Waals surface area contributed by atoms with Crippen LogP contribution < -0.4 is 10.5 Å². The van der Waals surface area contributed by atoms with Gasteiger partial charge >= 0.3 is 0 Å². The first-order chi connectivity index (χ1) is 5.15. The number of aryl methyl sites for hydroxylation is 1. The molecule has 0 saturated carbocycles. The molecule has 0 bridgehead atoms. The van der Waals surface area contributed by atoms with Gasteiger partial charge in [0.05, 0.1) is 5.69 Å². The molecular weight excluding hydrogens is 164 g/mol. The van der Waals surface area contributed by atoms with Crippen LogP contribution in [-0.2, 0) is 6.42 Å². The number of pyridine rings is 1. The molecule has 0 aliphatic rings. The van der Waals surface area contributed by atoms with E-state index in [2.05, 4.69) is 0 Å². The van der Waals surface area contributed by atoms with Crippen LogP contribution in [-0.4, -0.2) is 5.21 Å². The molecule has 0 radical (unpaired) electrons. The van der Waals surface area contributed by atoms with Crippen molar-refractivity contribution < 1.29 is 9.94 Å². The third-order valence-electron chi connectivity index (χ3n) is 1.52. The van der Waals surface area contributed by atoms with E-state index in [1.165, 1.54) is 6.20 Å². The number of hydrogen-bond acceptors (Lipinski definition) is 2. The van der Waals surface area contributed by atoms with Crippen molar-refractivity contribution in [3.05, 3.63) is 23.0 Å². The summed E-state index contributed by atoms with van der Waals surface area (Å²) in [5, 5.41) is 9.41. The second-order valence-corrected chi connectivity index (χ2v) is 2.69. The molecule has 3 N–H and O–H groups in total. The number of halogens is 1. The largest absolute Gasteiger partial charge is 0.397 e. The van der Waals surface area contributed by atoms with Crippen LogP contribution in [0.1, 0.15) is 12.5 Å². The lowest BCUT2D eigenvalue weighted by Crippen LogP contribution is -2.30. The number of nitrogen functional groups attached to an aromatic ring is 1. The summed E-state index contributed by atoms with van der Waals surface area (Å²) in [6.45, 7) is 1.95. The molecule has 4 heteroatoms. The minimum absolute atomic E-state index is 0.381. The van der Waals surface area contributed by atoms with Crippen molar-refractivity contribution in [2.75, 3.05) is 5.73 Å². The molecule has 0 aliphatic heterocycles. The van der Waals surface area contributed by atoms with E-state index in [1.54, 1.807) is 6.20 Å². The lowest BCUT2D eigenvalue weighted by Gasteiger charge is -1.99. The second-order valence-electron chi connectivity index (χ2n) is 2.28. The Kier molecular flexibility index (Phi) is 2.19. The second kappa shape index (κ2) is 2.96. The Bertz CT molecular complexity index is 275. The van der Waals surface area contributed by atoms with Gasteiger partial charge in [0.2, 0.25) is 12.4 Å². The van der Waals surface area contributed by atoms with E-state index in [1.807, 2.05) is 6.92 Å². The van der Waals surface area contributed by atoms with Crippen molar-refractivity contribution in [3.8, 4) is 0 Å². The normalized spacial score (nSPS) is 10.0. The molecular formula is C7H10ClN2O+. The maximum Gasteiger partial charge on any atom is 0.242 e. The number of nitrogens with two attached hydrogens (primary N) is 1. The minimum Gasteiger partial charge on any atom is -0.397 e. The lowest BCUT2D eigenvalue weighted by molar-refractivity contribution is -0.904. The first-order valence-corrected chi connectivity index (χ1v) is 3.71. The van der Waals surface area contributed by atoms with Gasteiger partial charge in [-0.25, -0.2) is 0 Å². The van der Waals surface area contributed by atoms with Crippen LogP contribution in [0.4, 0.5) is 5.69 Å². The fourth-order valence-corrected chi connectivity index (χ4v) is 1.11. The molecule has 3 nitrogen and oxygen atoms in total. The molecule has 11 heavy (non-hydrogen) atoms. The molecule has 0 amide bonds. The van der Waals surface area contributed by atoms with E-state index >= 15 is 0 Å². The van der Waals surface area contributed by atoms with Gasteiger partial charge < -0.3 is 5.73 Å². The predicted molar refractivity (Wildman–Crippen MR) is 42.6 cm³/mol. The fourth-order valence-electron chi connectivity index (χ4n) is 0.887. The van der Waals surface area contributed by atoms with Crippen molar-refractivity contribution in [1.82, 2.24) is 0 Å². The predicted octanol–water partition coefficient (Wildman–Crippen LogP) is 1.01. The summed E-state index contributed by atoms with van der Waals surface area (Å²) in [7, 11) is 0. The standard InChI is InChI=1S/C7H9ClN2O/c1-2-5-3-10(11)4-6(8)7(5)9/h3-4,9,11H,2H2,1H3/p+1. The number of rotatable bonds is 1. The van der Waals surface area contributed by atoms with Gasteiger partial charge in [0.1, 0.15) is 5.02 Å². The van der Waals surface area contributed by atoms with E-state index in [4.69, 9.17) is 22.5 Å². The van der Waals surface area contributed by atoms with Crippen LogP contribution in [0.15, 0.2) is 12.4 Å². The van der Waals surface area contributed by atoms with Crippen LogP contribution in [0, 0.1) is 0 Å².